The molecule has 0 amide bonds. The summed E-state index contributed by atoms with van der Waals surface area (Å²) in [5.41, 5.74) is 1.30. The van der Waals surface area contributed by atoms with Gasteiger partial charge in [-0.1, -0.05) is 26.3 Å². The number of allylic oxidation sites excluding steroid dienone is 2. The number of rotatable bonds is 4. The van der Waals surface area contributed by atoms with Crippen molar-refractivity contribution in [3.63, 3.8) is 0 Å². The average molecular weight is 250 g/mol. The number of hydrogen-bond acceptors (Lipinski definition) is 3. The lowest BCUT2D eigenvalue weighted by Gasteiger charge is -2.33. The molecule has 2 aliphatic rings. The smallest absolute Gasteiger partial charge is 0.146 e. The van der Waals surface area contributed by atoms with Crippen LogP contribution in [-0.4, -0.2) is 47.3 Å². The third kappa shape index (κ3) is 3.59. The summed E-state index contributed by atoms with van der Waals surface area (Å²) in [6.07, 6.45) is 9.66. The highest BCUT2D eigenvalue weighted by Crippen LogP contribution is 2.19. The van der Waals surface area contributed by atoms with Crippen LogP contribution in [0.25, 0.3) is 0 Å². The predicted molar refractivity (Wildman–Crippen MR) is 75.1 cm³/mol. The molecule has 3 nitrogen and oxygen atoms in total. The van der Waals surface area contributed by atoms with Gasteiger partial charge in [-0.3, -0.25) is 0 Å². The SMILES string of the molecule is CC(C)C1=CN(CCN2CCCCC2)C(O)C=C1. The highest BCUT2D eigenvalue weighted by atomic mass is 16.3. The van der Waals surface area contributed by atoms with Crippen molar-refractivity contribution < 1.29 is 5.11 Å². The van der Waals surface area contributed by atoms with E-state index in [1.165, 1.54) is 37.9 Å². The fraction of sp³-hybridized carbons (Fsp3) is 0.733. The molecule has 0 aromatic rings. The Kier molecular flexibility index (Phi) is 4.84. The molecule has 0 spiro atoms. The molecule has 18 heavy (non-hydrogen) atoms. The largest absolute Gasteiger partial charge is 0.370 e. The van der Waals surface area contributed by atoms with Crippen LogP contribution in [0.15, 0.2) is 23.9 Å². The van der Waals surface area contributed by atoms with Gasteiger partial charge in [0.1, 0.15) is 6.23 Å². The van der Waals surface area contributed by atoms with Gasteiger partial charge in [0, 0.05) is 19.3 Å². The predicted octanol–water partition coefficient (Wildman–Crippen LogP) is 2.20. The Balaban J connectivity index is 1.85. The van der Waals surface area contributed by atoms with Gasteiger partial charge in [-0.15, -0.1) is 0 Å². The van der Waals surface area contributed by atoms with Crippen molar-refractivity contribution in [3.8, 4) is 0 Å². The Morgan fingerprint density at radius 1 is 1.22 bits per heavy atom. The summed E-state index contributed by atoms with van der Waals surface area (Å²) in [6.45, 7) is 8.81. The van der Waals surface area contributed by atoms with Crippen LogP contribution >= 0.6 is 0 Å². The van der Waals surface area contributed by atoms with Crippen molar-refractivity contribution in [2.75, 3.05) is 26.2 Å². The fourth-order valence-corrected chi connectivity index (χ4v) is 2.60. The Bertz CT molecular complexity index is 316. The Labute approximate surface area is 111 Å². The lowest BCUT2D eigenvalue weighted by Crippen LogP contribution is -2.40. The van der Waals surface area contributed by atoms with E-state index in [2.05, 4.69) is 29.8 Å². The lowest BCUT2D eigenvalue weighted by atomic mass is 10.0. The van der Waals surface area contributed by atoms with Gasteiger partial charge < -0.3 is 14.9 Å². The average Bonchev–Trinajstić information content (AvgIpc) is 2.38. The summed E-state index contributed by atoms with van der Waals surface area (Å²) >= 11 is 0. The summed E-state index contributed by atoms with van der Waals surface area (Å²) in [7, 11) is 0. The highest BCUT2D eigenvalue weighted by molar-refractivity contribution is 5.24. The number of piperidine rings is 1. The molecular formula is C15H26N2O. The molecule has 0 aromatic heterocycles. The Hall–Kier alpha value is -0.800. The van der Waals surface area contributed by atoms with Crippen molar-refractivity contribution in [2.24, 2.45) is 5.92 Å². The molecule has 3 heteroatoms. The van der Waals surface area contributed by atoms with E-state index in [0.717, 1.165) is 13.1 Å². The number of hydrogen-bond donors (Lipinski definition) is 1. The summed E-state index contributed by atoms with van der Waals surface area (Å²) in [6, 6.07) is 0. The summed E-state index contributed by atoms with van der Waals surface area (Å²) < 4.78 is 0. The quantitative estimate of drug-likeness (QED) is 0.828. The van der Waals surface area contributed by atoms with Crippen LogP contribution in [0, 0.1) is 5.92 Å². The van der Waals surface area contributed by atoms with E-state index in [-0.39, 0.29) is 0 Å². The van der Waals surface area contributed by atoms with E-state index in [1.54, 1.807) is 0 Å². The molecule has 1 unspecified atom stereocenters. The highest BCUT2D eigenvalue weighted by Gasteiger charge is 2.17. The van der Waals surface area contributed by atoms with E-state index in [1.807, 2.05) is 12.2 Å². The van der Waals surface area contributed by atoms with Crippen LogP contribution in [0.3, 0.4) is 0 Å². The summed E-state index contributed by atoms with van der Waals surface area (Å²) in [4.78, 5) is 4.57. The normalized spacial score (nSPS) is 25.7. The molecule has 102 valence electrons. The van der Waals surface area contributed by atoms with Gasteiger partial charge in [-0.25, -0.2) is 0 Å². The first kappa shape index (κ1) is 13.6. The molecular weight excluding hydrogens is 224 g/mol. The molecule has 0 radical (unpaired) electrons. The first-order valence-corrected chi connectivity index (χ1v) is 7.23. The first-order chi connectivity index (χ1) is 8.66. The maximum Gasteiger partial charge on any atom is 0.146 e. The van der Waals surface area contributed by atoms with Gasteiger partial charge in [0.05, 0.1) is 0 Å². The van der Waals surface area contributed by atoms with Crippen LogP contribution in [0.2, 0.25) is 0 Å². The van der Waals surface area contributed by atoms with Crippen molar-refractivity contribution in [3.05, 3.63) is 23.9 Å². The van der Waals surface area contributed by atoms with E-state index < -0.39 is 6.23 Å². The van der Waals surface area contributed by atoms with Crippen LogP contribution in [0.1, 0.15) is 33.1 Å². The second kappa shape index (κ2) is 6.39. The van der Waals surface area contributed by atoms with Gasteiger partial charge in [0.2, 0.25) is 0 Å². The van der Waals surface area contributed by atoms with E-state index in [9.17, 15) is 5.11 Å². The minimum absolute atomic E-state index is 0.447. The van der Waals surface area contributed by atoms with Gasteiger partial charge >= 0.3 is 0 Å². The summed E-state index contributed by atoms with van der Waals surface area (Å²) in [5.74, 6) is 0.520. The number of nitrogens with zero attached hydrogens (tertiary/aromatic N) is 2. The van der Waals surface area contributed by atoms with E-state index in [4.69, 9.17) is 0 Å². The maximum absolute atomic E-state index is 9.97. The van der Waals surface area contributed by atoms with Gasteiger partial charge in [0.25, 0.3) is 0 Å². The zero-order valence-corrected chi connectivity index (χ0v) is 11.7. The fourth-order valence-electron chi connectivity index (χ4n) is 2.60. The molecule has 0 aromatic carbocycles. The van der Waals surface area contributed by atoms with Crippen LogP contribution in [0.5, 0.6) is 0 Å². The van der Waals surface area contributed by atoms with Crippen LogP contribution in [0.4, 0.5) is 0 Å². The molecule has 2 rings (SSSR count). The van der Waals surface area contributed by atoms with Crippen molar-refractivity contribution >= 4 is 0 Å². The molecule has 1 N–H and O–H groups in total. The van der Waals surface area contributed by atoms with Crippen LogP contribution in [-0.2, 0) is 0 Å². The molecule has 2 aliphatic heterocycles. The molecule has 2 heterocycles. The van der Waals surface area contributed by atoms with Crippen LogP contribution < -0.4 is 0 Å². The minimum Gasteiger partial charge on any atom is -0.370 e. The second-order valence-corrected chi connectivity index (χ2v) is 5.70. The standard InChI is InChI=1S/C15H26N2O/c1-13(2)14-6-7-15(18)17(12-14)11-10-16-8-4-3-5-9-16/h6-7,12-13,15,18H,3-5,8-11H2,1-2H3. The number of aliphatic hydroxyl groups is 1. The lowest BCUT2D eigenvalue weighted by molar-refractivity contribution is 0.0654. The third-order valence-corrected chi connectivity index (χ3v) is 3.91. The minimum atomic E-state index is -0.447. The zero-order chi connectivity index (χ0) is 13.0. The molecule has 0 aliphatic carbocycles. The van der Waals surface area contributed by atoms with Gasteiger partial charge in [-0.2, -0.15) is 0 Å². The first-order valence-electron chi connectivity index (χ1n) is 7.23. The van der Waals surface area contributed by atoms with Crippen molar-refractivity contribution in [2.45, 2.75) is 39.3 Å². The van der Waals surface area contributed by atoms with Gasteiger partial charge in [-0.05, 0) is 43.5 Å². The topological polar surface area (TPSA) is 26.7 Å². The third-order valence-electron chi connectivity index (χ3n) is 3.91. The number of likely N-dealkylation sites (tertiary alicyclic amines) is 1. The van der Waals surface area contributed by atoms with Crippen molar-refractivity contribution in [1.82, 2.24) is 9.80 Å². The molecule has 0 bridgehead atoms. The zero-order valence-electron chi connectivity index (χ0n) is 11.7. The molecule has 1 fully saturated rings. The van der Waals surface area contributed by atoms with Gasteiger partial charge in [0.15, 0.2) is 0 Å². The monoisotopic (exact) mass is 250 g/mol. The van der Waals surface area contributed by atoms with E-state index in [0.29, 0.717) is 5.92 Å². The molecule has 1 saturated heterocycles. The maximum atomic E-state index is 9.97. The van der Waals surface area contributed by atoms with E-state index >= 15 is 0 Å². The van der Waals surface area contributed by atoms with Crippen molar-refractivity contribution in [1.29, 1.82) is 0 Å². The Morgan fingerprint density at radius 3 is 2.61 bits per heavy atom. The Morgan fingerprint density at radius 2 is 1.94 bits per heavy atom. The molecule has 0 saturated carbocycles. The second-order valence-electron chi connectivity index (χ2n) is 5.70. The number of aliphatic hydroxyl groups excluding tert-OH is 1. The molecule has 1 atom stereocenters. The summed E-state index contributed by atoms with van der Waals surface area (Å²) in [5, 5.41) is 9.97.